The van der Waals surface area contributed by atoms with Gasteiger partial charge in [0.05, 0.1) is 22.1 Å². The second-order valence-corrected chi connectivity index (χ2v) is 5.96. The number of benzene rings is 1. The zero-order valence-corrected chi connectivity index (χ0v) is 12.4. The Hall–Kier alpha value is -1.56. The van der Waals surface area contributed by atoms with Gasteiger partial charge in [0.2, 0.25) is 0 Å². The molecule has 0 aliphatic heterocycles. The summed E-state index contributed by atoms with van der Waals surface area (Å²) >= 11 is 13.1. The highest BCUT2D eigenvalue weighted by Gasteiger charge is 2.09. The Bertz CT molecular complexity index is 911. The van der Waals surface area contributed by atoms with E-state index in [0.717, 1.165) is 10.1 Å². The maximum absolute atomic E-state index is 12.3. The average Bonchev–Trinajstić information content (AvgIpc) is 2.87. The van der Waals surface area contributed by atoms with Gasteiger partial charge in [0.25, 0.3) is 5.56 Å². The number of rotatable bonds is 2. The molecule has 1 N–H and O–H groups in total. The first-order valence-electron chi connectivity index (χ1n) is 5.70. The van der Waals surface area contributed by atoms with Gasteiger partial charge in [0.15, 0.2) is 0 Å². The first kappa shape index (κ1) is 13.4. The lowest BCUT2D eigenvalue weighted by Gasteiger charge is -2.06. The summed E-state index contributed by atoms with van der Waals surface area (Å²) in [5.74, 6) is 0. The largest absolute Gasteiger partial charge is 0.329 e. The molecule has 102 valence electrons. The number of nitrogens with one attached hydrogen (secondary N) is 1. The normalized spacial score (nSPS) is 11.1. The van der Waals surface area contributed by atoms with Crippen molar-refractivity contribution in [1.29, 1.82) is 0 Å². The van der Waals surface area contributed by atoms with Crippen LogP contribution in [0, 0.1) is 0 Å². The summed E-state index contributed by atoms with van der Waals surface area (Å²) < 4.78 is 1.68. The molecule has 0 unspecified atom stereocenters. The number of aromatic amines is 1. The second kappa shape index (κ2) is 5.09. The van der Waals surface area contributed by atoms with Gasteiger partial charge in [0, 0.05) is 0 Å². The first-order chi connectivity index (χ1) is 9.56. The van der Waals surface area contributed by atoms with Gasteiger partial charge in [-0.15, -0.1) is 11.3 Å². The minimum Gasteiger partial charge on any atom is -0.306 e. The summed E-state index contributed by atoms with van der Waals surface area (Å²) in [6, 6.07) is 6.74. The highest BCUT2D eigenvalue weighted by atomic mass is 35.5. The smallest absolute Gasteiger partial charge is 0.306 e. The third kappa shape index (κ3) is 2.28. The van der Waals surface area contributed by atoms with E-state index < -0.39 is 5.69 Å². The molecule has 0 saturated heterocycles. The lowest BCUT2D eigenvalue weighted by molar-refractivity contribution is 0.713. The van der Waals surface area contributed by atoms with Crippen LogP contribution in [0.2, 0.25) is 10.0 Å². The molecule has 3 rings (SSSR count). The molecule has 0 amide bonds. The Morgan fingerprint density at radius 1 is 1.15 bits per heavy atom. The monoisotopic (exact) mass is 326 g/mol. The summed E-state index contributed by atoms with van der Waals surface area (Å²) in [5, 5.41) is 2.60. The third-order valence-corrected chi connectivity index (χ3v) is 4.56. The van der Waals surface area contributed by atoms with Crippen LogP contribution in [0.15, 0.2) is 39.2 Å². The molecule has 0 bridgehead atoms. The summed E-state index contributed by atoms with van der Waals surface area (Å²) in [6.45, 7) is 0.152. The number of thiophene rings is 1. The number of nitrogens with zero attached hydrogens (tertiary/aromatic N) is 1. The molecule has 20 heavy (non-hydrogen) atoms. The summed E-state index contributed by atoms with van der Waals surface area (Å²) in [6.07, 6.45) is 0. The molecular weight excluding hydrogens is 319 g/mol. The van der Waals surface area contributed by atoms with Gasteiger partial charge in [-0.3, -0.25) is 9.36 Å². The fourth-order valence-electron chi connectivity index (χ4n) is 1.93. The molecular formula is C13H8Cl2N2O2S. The van der Waals surface area contributed by atoms with E-state index >= 15 is 0 Å². The van der Waals surface area contributed by atoms with E-state index in [1.165, 1.54) is 11.3 Å². The molecule has 2 heterocycles. The van der Waals surface area contributed by atoms with E-state index in [4.69, 9.17) is 23.2 Å². The molecule has 7 heteroatoms. The fraction of sp³-hybridized carbons (Fsp3) is 0.0769. The standard InChI is InChI=1S/C13H8Cl2N2O2S/c14-8-2-1-7(5-9(8)15)6-17-12(18)11-10(3-4-20-11)16-13(17)19/h1-5H,6H2,(H,16,19). The molecule has 0 spiro atoms. The van der Waals surface area contributed by atoms with Crippen molar-refractivity contribution in [3.05, 3.63) is 66.1 Å². The van der Waals surface area contributed by atoms with Gasteiger partial charge < -0.3 is 4.98 Å². The second-order valence-electron chi connectivity index (χ2n) is 4.23. The van der Waals surface area contributed by atoms with Gasteiger partial charge in [-0.1, -0.05) is 29.3 Å². The SMILES string of the molecule is O=c1[nH]c2ccsc2c(=O)n1Cc1ccc(Cl)c(Cl)c1. The highest BCUT2D eigenvalue weighted by Crippen LogP contribution is 2.22. The highest BCUT2D eigenvalue weighted by molar-refractivity contribution is 7.17. The summed E-state index contributed by atoms with van der Waals surface area (Å²) in [4.78, 5) is 26.9. The van der Waals surface area contributed by atoms with E-state index in [-0.39, 0.29) is 12.1 Å². The van der Waals surface area contributed by atoms with Crippen molar-refractivity contribution < 1.29 is 0 Å². The number of hydrogen-bond acceptors (Lipinski definition) is 3. The molecule has 2 aromatic heterocycles. The van der Waals surface area contributed by atoms with Crippen LogP contribution >= 0.6 is 34.5 Å². The predicted octanol–water partition coefficient (Wildman–Crippen LogP) is 3.11. The molecule has 0 aliphatic carbocycles. The van der Waals surface area contributed by atoms with Gasteiger partial charge >= 0.3 is 5.69 Å². The summed E-state index contributed by atoms with van der Waals surface area (Å²) in [7, 11) is 0. The molecule has 0 radical (unpaired) electrons. The number of fused-ring (bicyclic) bond motifs is 1. The van der Waals surface area contributed by atoms with Crippen molar-refractivity contribution in [3.63, 3.8) is 0 Å². The fourth-order valence-corrected chi connectivity index (χ4v) is 3.05. The van der Waals surface area contributed by atoms with Crippen LogP contribution in [-0.2, 0) is 6.54 Å². The Morgan fingerprint density at radius 2 is 1.95 bits per heavy atom. The van der Waals surface area contributed by atoms with E-state index in [9.17, 15) is 9.59 Å². The van der Waals surface area contributed by atoms with Crippen molar-refractivity contribution in [2.24, 2.45) is 0 Å². The molecule has 1 aromatic carbocycles. The van der Waals surface area contributed by atoms with Crippen molar-refractivity contribution in [2.75, 3.05) is 0 Å². The Labute approximate surface area is 127 Å². The molecule has 4 nitrogen and oxygen atoms in total. The minimum atomic E-state index is -0.438. The van der Waals surface area contributed by atoms with E-state index in [2.05, 4.69) is 4.98 Å². The van der Waals surface area contributed by atoms with Gasteiger partial charge in [-0.05, 0) is 29.1 Å². The van der Waals surface area contributed by atoms with Crippen LogP contribution < -0.4 is 11.2 Å². The molecule has 0 fully saturated rings. The number of hydrogen-bond donors (Lipinski definition) is 1. The molecule has 0 aliphatic rings. The van der Waals surface area contributed by atoms with Gasteiger partial charge in [-0.2, -0.15) is 0 Å². The van der Waals surface area contributed by atoms with Crippen LogP contribution in [0.5, 0.6) is 0 Å². The quantitative estimate of drug-likeness (QED) is 0.786. The van der Waals surface area contributed by atoms with Crippen LogP contribution in [0.1, 0.15) is 5.56 Å². The zero-order valence-electron chi connectivity index (χ0n) is 10.0. The Morgan fingerprint density at radius 3 is 2.70 bits per heavy atom. The Kier molecular flexibility index (Phi) is 3.41. The lowest BCUT2D eigenvalue weighted by atomic mass is 10.2. The zero-order chi connectivity index (χ0) is 14.3. The van der Waals surface area contributed by atoms with Crippen LogP contribution in [0.3, 0.4) is 0 Å². The van der Waals surface area contributed by atoms with E-state index in [1.807, 2.05) is 0 Å². The van der Waals surface area contributed by atoms with E-state index in [1.54, 1.807) is 29.6 Å². The summed E-state index contributed by atoms with van der Waals surface area (Å²) in [5.41, 5.74) is 0.565. The molecule has 3 aromatic rings. The minimum absolute atomic E-state index is 0.152. The van der Waals surface area contributed by atoms with Crippen LogP contribution in [-0.4, -0.2) is 9.55 Å². The van der Waals surface area contributed by atoms with Crippen molar-refractivity contribution in [1.82, 2.24) is 9.55 Å². The topological polar surface area (TPSA) is 54.9 Å². The van der Waals surface area contributed by atoms with Crippen LogP contribution in [0.4, 0.5) is 0 Å². The van der Waals surface area contributed by atoms with Gasteiger partial charge in [-0.25, -0.2) is 4.79 Å². The average molecular weight is 327 g/mol. The van der Waals surface area contributed by atoms with Gasteiger partial charge in [0.1, 0.15) is 4.70 Å². The lowest BCUT2D eigenvalue weighted by Crippen LogP contribution is -2.34. The number of H-pyrrole nitrogens is 1. The van der Waals surface area contributed by atoms with Crippen LogP contribution in [0.25, 0.3) is 10.2 Å². The van der Waals surface area contributed by atoms with Crippen molar-refractivity contribution in [3.8, 4) is 0 Å². The van der Waals surface area contributed by atoms with Crippen molar-refractivity contribution >= 4 is 44.8 Å². The number of halogens is 2. The first-order valence-corrected chi connectivity index (χ1v) is 7.34. The maximum Gasteiger partial charge on any atom is 0.329 e. The molecule has 0 atom stereocenters. The predicted molar refractivity (Wildman–Crippen MR) is 82.3 cm³/mol. The molecule has 0 saturated carbocycles. The number of aromatic nitrogens is 2. The van der Waals surface area contributed by atoms with Crippen molar-refractivity contribution in [2.45, 2.75) is 6.54 Å². The Balaban J connectivity index is 2.12. The van der Waals surface area contributed by atoms with E-state index in [0.29, 0.717) is 20.3 Å². The maximum atomic E-state index is 12.3. The third-order valence-electron chi connectivity index (χ3n) is 2.92.